The third kappa shape index (κ3) is 2.78. The third-order valence-corrected chi connectivity index (χ3v) is 3.90. The van der Waals surface area contributed by atoms with Crippen molar-refractivity contribution in [2.45, 2.75) is 26.7 Å². The number of piperidine rings is 1. The Morgan fingerprint density at radius 1 is 1.33 bits per heavy atom. The van der Waals surface area contributed by atoms with Crippen LogP contribution in [0.3, 0.4) is 0 Å². The molecule has 1 N–H and O–H groups in total. The number of carbonyl (C=O) groups is 1. The molecule has 98 valence electrons. The quantitative estimate of drug-likeness (QED) is 0.848. The van der Waals surface area contributed by atoms with Gasteiger partial charge < -0.3 is 10.0 Å². The average Bonchev–Trinajstić information content (AvgIpc) is 2.32. The molecule has 2 rings (SSSR count). The van der Waals surface area contributed by atoms with E-state index in [1.54, 1.807) is 6.07 Å². The van der Waals surface area contributed by atoms with Gasteiger partial charge in [-0.2, -0.15) is 0 Å². The number of benzene rings is 1. The van der Waals surface area contributed by atoms with E-state index < -0.39 is 0 Å². The van der Waals surface area contributed by atoms with Gasteiger partial charge in [0.25, 0.3) is 5.91 Å². The Labute approximate surface area is 112 Å². The molecule has 0 saturated carbocycles. The standard InChI is InChI=1S/C14H18ClNO2/c1-14(2)5-7-16(8-6-14)13(18)10-3-4-12(17)11(15)9-10/h3-4,9,17H,5-8H2,1-2H3. The fourth-order valence-corrected chi connectivity index (χ4v) is 2.32. The van der Waals surface area contributed by atoms with Crippen molar-refractivity contribution >= 4 is 17.5 Å². The number of carbonyl (C=O) groups excluding carboxylic acids is 1. The van der Waals surface area contributed by atoms with Crippen molar-refractivity contribution in [2.24, 2.45) is 5.41 Å². The summed E-state index contributed by atoms with van der Waals surface area (Å²) in [4.78, 5) is 14.1. The molecule has 0 atom stereocenters. The number of halogens is 1. The number of phenolic OH excluding ortho intramolecular Hbond substituents is 1. The molecule has 1 saturated heterocycles. The van der Waals surface area contributed by atoms with Crippen LogP contribution in [0.1, 0.15) is 37.0 Å². The smallest absolute Gasteiger partial charge is 0.253 e. The molecular weight excluding hydrogens is 250 g/mol. The zero-order chi connectivity index (χ0) is 13.3. The minimum Gasteiger partial charge on any atom is -0.506 e. The summed E-state index contributed by atoms with van der Waals surface area (Å²) in [5.41, 5.74) is 0.862. The van der Waals surface area contributed by atoms with Crippen LogP contribution in [0.15, 0.2) is 18.2 Å². The second kappa shape index (κ2) is 4.81. The Balaban J connectivity index is 2.10. The van der Waals surface area contributed by atoms with Crippen LogP contribution in [0.4, 0.5) is 0 Å². The number of rotatable bonds is 1. The van der Waals surface area contributed by atoms with E-state index in [9.17, 15) is 9.90 Å². The maximum Gasteiger partial charge on any atom is 0.253 e. The highest BCUT2D eigenvalue weighted by atomic mass is 35.5. The Hall–Kier alpha value is -1.22. The first-order valence-corrected chi connectivity index (χ1v) is 6.55. The predicted molar refractivity (Wildman–Crippen MR) is 72.0 cm³/mol. The number of phenols is 1. The van der Waals surface area contributed by atoms with Gasteiger partial charge in [-0.25, -0.2) is 0 Å². The first-order valence-electron chi connectivity index (χ1n) is 6.17. The van der Waals surface area contributed by atoms with Gasteiger partial charge in [-0.05, 0) is 36.5 Å². The van der Waals surface area contributed by atoms with Gasteiger partial charge in [-0.1, -0.05) is 25.4 Å². The van der Waals surface area contributed by atoms with Crippen LogP contribution in [-0.2, 0) is 0 Å². The van der Waals surface area contributed by atoms with E-state index in [0.29, 0.717) is 11.0 Å². The van der Waals surface area contributed by atoms with Gasteiger partial charge >= 0.3 is 0 Å². The van der Waals surface area contributed by atoms with Crippen LogP contribution in [-0.4, -0.2) is 29.0 Å². The third-order valence-electron chi connectivity index (χ3n) is 3.60. The molecule has 3 nitrogen and oxygen atoms in total. The molecule has 1 aromatic carbocycles. The second-order valence-electron chi connectivity index (χ2n) is 5.62. The second-order valence-corrected chi connectivity index (χ2v) is 6.03. The molecular formula is C14H18ClNO2. The summed E-state index contributed by atoms with van der Waals surface area (Å²) in [6, 6.07) is 4.60. The van der Waals surface area contributed by atoms with Crippen LogP contribution < -0.4 is 0 Å². The summed E-state index contributed by atoms with van der Waals surface area (Å²) >= 11 is 5.82. The molecule has 1 aliphatic rings. The van der Waals surface area contributed by atoms with E-state index in [1.165, 1.54) is 12.1 Å². The van der Waals surface area contributed by atoms with Crippen LogP contribution in [0, 0.1) is 5.41 Å². The predicted octanol–water partition coefficient (Wildman–Crippen LogP) is 3.31. The van der Waals surface area contributed by atoms with Crippen LogP contribution in [0.25, 0.3) is 0 Å². The molecule has 1 heterocycles. The summed E-state index contributed by atoms with van der Waals surface area (Å²) in [5.74, 6) is 0.000365. The van der Waals surface area contributed by atoms with E-state index in [-0.39, 0.29) is 16.7 Å². The summed E-state index contributed by atoms with van der Waals surface area (Å²) < 4.78 is 0. The number of amides is 1. The van der Waals surface area contributed by atoms with E-state index in [4.69, 9.17) is 11.6 Å². The summed E-state index contributed by atoms with van der Waals surface area (Å²) in [6.07, 6.45) is 2.04. The van der Waals surface area contributed by atoms with Crippen molar-refractivity contribution in [1.82, 2.24) is 4.90 Å². The molecule has 18 heavy (non-hydrogen) atoms. The molecule has 0 radical (unpaired) electrons. The molecule has 0 aromatic heterocycles. The minimum atomic E-state index is -0.00704. The molecule has 0 unspecified atom stereocenters. The Morgan fingerprint density at radius 3 is 2.50 bits per heavy atom. The highest BCUT2D eigenvalue weighted by Crippen LogP contribution is 2.31. The fourth-order valence-electron chi connectivity index (χ4n) is 2.14. The lowest BCUT2D eigenvalue weighted by atomic mass is 9.82. The number of hydrogen-bond acceptors (Lipinski definition) is 2. The van der Waals surface area contributed by atoms with Crippen molar-refractivity contribution in [3.05, 3.63) is 28.8 Å². The molecule has 1 amide bonds. The lowest BCUT2D eigenvalue weighted by molar-refractivity contribution is 0.0630. The molecule has 1 aliphatic heterocycles. The van der Waals surface area contributed by atoms with Crippen molar-refractivity contribution in [1.29, 1.82) is 0 Å². The normalized spacial score (nSPS) is 18.7. The first-order chi connectivity index (χ1) is 8.39. The van der Waals surface area contributed by atoms with E-state index in [2.05, 4.69) is 13.8 Å². The SMILES string of the molecule is CC1(C)CCN(C(=O)c2ccc(O)c(Cl)c2)CC1. The molecule has 1 fully saturated rings. The highest BCUT2D eigenvalue weighted by molar-refractivity contribution is 6.32. The van der Waals surface area contributed by atoms with Crippen LogP contribution in [0.2, 0.25) is 5.02 Å². The number of hydrogen-bond donors (Lipinski definition) is 1. The van der Waals surface area contributed by atoms with Gasteiger partial charge in [0.2, 0.25) is 0 Å². The molecule has 1 aromatic rings. The number of nitrogens with zero attached hydrogens (tertiary/aromatic N) is 1. The molecule has 0 bridgehead atoms. The van der Waals surface area contributed by atoms with Crippen molar-refractivity contribution < 1.29 is 9.90 Å². The van der Waals surface area contributed by atoms with Gasteiger partial charge in [0.15, 0.2) is 0 Å². The Kier molecular flexibility index (Phi) is 3.53. The van der Waals surface area contributed by atoms with Crippen LogP contribution in [0.5, 0.6) is 5.75 Å². The van der Waals surface area contributed by atoms with Crippen LogP contribution >= 0.6 is 11.6 Å². The topological polar surface area (TPSA) is 40.5 Å². The lowest BCUT2D eigenvalue weighted by Crippen LogP contribution is -2.41. The zero-order valence-corrected chi connectivity index (χ0v) is 11.5. The molecule has 0 spiro atoms. The molecule has 0 aliphatic carbocycles. The van der Waals surface area contributed by atoms with Crippen molar-refractivity contribution in [2.75, 3.05) is 13.1 Å². The number of aromatic hydroxyl groups is 1. The van der Waals surface area contributed by atoms with Gasteiger partial charge in [-0.3, -0.25) is 4.79 Å². The Morgan fingerprint density at radius 2 is 1.94 bits per heavy atom. The Bertz CT molecular complexity index is 461. The summed E-state index contributed by atoms with van der Waals surface area (Å²) in [6.45, 7) is 6.02. The van der Waals surface area contributed by atoms with Gasteiger partial charge in [-0.15, -0.1) is 0 Å². The zero-order valence-electron chi connectivity index (χ0n) is 10.7. The van der Waals surface area contributed by atoms with Crippen molar-refractivity contribution in [3.8, 4) is 5.75 Å². The van der Waals surface area contributed by atoms with Gasteiger partial charge in [0.1, 0.15) is 5.75 Å². The summed E-state index contributed by atoms with van der Waals surface area (Å²) in [5, 5.41) is 9.57. The van der Waals surface area contributed by atoms with E-state index >= 15 is 0 Å². The largest absolute Gasteiger partial charge is 0.506 e. The fraction of sp³-hybridized carbons (Fsp3) is 0.500. The maximum absolute atomic E-state index is 12.3. The minimum absolute atomic E-state index is 0.00704. The number of likely N-dealkylation sites (tertiary alicyclic amines) is 1. The van der Waals surface area contributed by atoms with E-state index in [1.807, 2.05) is 4.90 Å². The van der Waals surface area contributed by atoms with Crippen molar-refractivity contribution in [3.63, 3.8) is 0 Å². The first kappa shape index (κ1) is 13.2. The van der Waals surface area contributed by atoms with E-state index in [0.717, 1.165) is 25.9 Å². The average molecular weight is 268 g/mol. The highest BCUT2D eigenvalue weighted by Gasteiger charge is 2.28. The monoisotopic (exact) mass is 267 g/mol. The van der Waals surface area contributed by atoms with Gasteiger partial charge in [0, 0.05) is 18.7 Å². The summed E-state index contributed by atoms with van der Waals surface area (Å²) in [7, 11) is 0. The lowest BCUT2D eigenvalue weighted by Gasteiger charge is -2.37. The van der Waals surface area contributed by atoms with Gasteiger partial charge in [0.05, 0.1) is 5.02 Å². The maximum atomic E-state index is 12.3. The molecule has 4 heteroatoms.